The molecule has 1 atom stereocenters. The number of anilines is 1. The van der Waals surface area contributed by atoms with Crippen molar-refractivity contribution in [3.05, 3.63) is 24.0 Å². The Balaban J connectivity index is 2.68. The fraction of sp³-hybridized carbons (Fsp3) is 0.571. The SMILES string of the molecule is CCN(CC)C(=O)c1cc(NCCC(C)N)ccn1. The zero-order valence-corrected chi connectivity index (χ0v) is 12.0. The molecule has 1 heterocycles. The van der Waals surface area contributed by atoms with Crippen molar-refractivity contribution in [2.75, 3.05) is 25.0 Å². The Hall–Kier alpha value is -1.62. The molecule has 1 aromatic rings. The van der Waals surface area contributed by atoms with Crippen LogP contribution in [0.1, 0.15) is 37.7 Å². The second-order valence-corrected chi connectivity index (χ2v) is 4.60. The van der Waals surface area contributed by atoms with Gasteiger partial charge in [0, 0.05) is 37.6 Å². The van der Waals surface area contributed by atoms with E-state index < -0.39 is 0 Å². The van der Waals surface area contributed by atoms with E-state index >= 15 is 0 Å². The Morgan fingerprint density at radius 1 is 1.47 bits per heavy atom. The molecule has 106 valence electrons. The van der Waals surface area contributed by atoms with Crippen LogP contribution < -0.4 is 11.1 Å². The quantitative estimate of drug-likeness (QED) is 0.786. The van der Waals surface area contributed by atoms with E-state index in [9.17, 15) is 4.79 Å². The van der Waals surface area contributed by atoms with Gasteiger partial charge in [-0.3, -0.25) is 9.78 Å². The lowest BCUT2D eigenvalue weighted by Crippen LogP contribution is -2.31. The molecule has 1 aromatic heterocycles. The first-order valence-electron chi connectivity index (χ1n) is 6.83. The highest BCUT2D eigenvalue weighted by molar-refractivity contribution is 5.93. The van der Waals surface area contributed by atoms with Crippen LogP contribution in [0.3, 0.4) is 0 Å². The molecule has 0 aliphatic rings. The Bertz CT molecular complexity index is 402. The van der Waals surface area contributed by atoms with Crippen molar-refractivity contribution < 1.29 is 4.79 Å². The van der Waals surface area contributed by atoms with E-state index in [1.54, 1.807) is 17.2 Å². The molecule has 5 heteroatoms. The van der Waals surface area contributed by atoms with Gasteiger partial charge in [0.25, 0.3) is 5.91 Å². The summed E-state index contributed by atoms with van der Waals surface area (Å²) in [5.41, 5.74) is 7.09. The maximum Gasteiger partial charge on any atom is 0.272 e. The second kappa shape index (κ2) is 7.74. The van der Waals surface area contributed by atoms with Gasteiger partial charge in [0.1, 0.15) is 5.69 Å². The topological polar surface area (TPSA) is 71.2 Å². The highest BCUT2D eigenvalue weighted by atomic mass is 16.2. The first kappa shape index (κ1) is 15.4. The van der Waals surface area contributed by atoms with Gasteiger partial charge in [0.2, 0.25) is 0 Å². The fourth-order valence-corrected chi connectivity index (χ4v) is 1.77. The van der Waals surface area contributed by atoms with Crippen LogP contribution in [-0.4, -0.2) is 41.5 Å². The number of hydrogen-bond donors (Lipinski definition) is 2. The molecule has 1 amide bonds. The molecule has 5 nitrogen and oxygen atoms in total. The van der Waals surface area contributed by atoms with Gasteiger partial charge in [0.05, 0.1) is 0 Å². The second-order valence-electron chi connectivity index (χ2n) is 4.60. The molecule has 19 heavy (non-hydrogen) atoms. The molecule has 0 aliphatic carbocycles. The lowest BCUT2D eigenvalue weighted by Gasteiger charge is -2.18. The van der Waals surface area contributed by atoms with Crippen LogP contribution in [0, 0.1) is 0 Å². The first-order chi connectivity index (χ1) is 9.08. The van der Waals surface area contributed by atoms with Crippen LogP contribution in [0.15, 0.2) is 18.3 Å². The summed E-state index contributed by atoms with van der Waals surface area (Å²) in [7, 11) is 0. The molecule has 1 rings (SSSR count). The van der Waals surface area contributed by atoms with E-state index in [4.69, 9.17) is 5.73 Å². The van der Waals surface area contributed by atoms with Crippen molar-refractivity contribution in [2.45, 2.75) is 33.2 Å². The summed E-state index contributed by atoms with van der Waals surface area (Å²) in [5.74, 6) is -0.0270. The summed E-state index contributed by atoms with van der Waals surface area (Å²) >= 11 is 0. The third kappa shape index (κ3) is 4.87. The molecular weight excluding hydrogens is 240 g/mol. The van der Waals surface area contributed by atoms with Crippen LogP contribution in [0.4, 0.5) is 5.69 Å². The number of nitrogens with one attached hydrogen (secondary N) is 1. The monoisotopic (exact) mass is 264 g/mol. The van der Waals surface area contributed by atoms with E-state index in [0.717, 1.165) is 18.7 Å². The van der Waals surface area contributed by atoms with Gasteiger partial charge in [-0.05, 0) is 39.3 Å². The molecule has 0 aromatic carbocycles. The normalized spacial score (nSPS) is 12.0. The lowest BCUT2D eigenvalue weighted by atomic mass is 10.2. The number of nitrogens with zero attached hydrogens (tertiary/aromatic N) is 2. The molecule has 0 saturated heterocycles. The van der Waals surface area contributed by atoms with Crippen molar-refractivity contribution >= 4 is 11.6 Å². The van der Waals surface area contributed by atoms with Gasteiger partial charge >= 0.3 is 0 Å². The fourth-order valence-electron chi connectivity index (χ4n) is 1.77. The Labute approximate surface area is 115 Å². The van der Waals surface area contributed by atoms with Crippen LogP contribution in [0.5, 0.6) is 0 Å². The number of carbonyl (C=O) groups excluding carboxylic acids is 1. The average Bonchev–Trinajstić information content (AvgIpc) is 2.40. The number of nitrogens with two attached hydrogens (primary N) is 1. The Morgan fingerprint density at radius 3 is 2.74 bits per heavy atom. The maximum atomic E-state index is 12.2. The van der Waals surface area contributed by atoms with Crippen molar-refractivity contribution in [2.24, 2.45) is 5.73 Å². The average molecular weight is 264 g/mol. The van der Waals surface area contributed by atoms with E-state index in [-0.39, 0.29) is 11.9 Å². The molecule has 0 radical (unpaired) electrons. The number of hydrogen-bond acceptors (Lipinski definition) is 4. The Kier molecular flexibility index (Phi) is 6.29. The van der Waals surface area contributed by atoms with Gasteiger partial charge < -0.3 is 16.0 Å². The van der Waals surface area contributed by atoms with Crippen molar-refractivity contribution in [3.8, 4) is 0 Å². The summed E-state index contributed by atoms with van der Waals surface area (Å²) in [6.45, 7) is 8.08. The number of aromatic nitrogens is 1. The number of rotatable bonds is 7. The Morgan fingerprint density at radius 2 is 2.16 bits per heavy atom. The first-order valence-corrected chi connectivity index (χ1v) is 6.83. The highest BCUT2D eigenvalue weighted by Gasteiger charge is 2.13. The van der Waals surface area contributed by atoms with Gasteiger partial charge in [-0.25, -0.2) is 0 Å². The molecule has 0 saturated carbocycles. The minimum atomic E-state index is -0.0270. The smallest absolute Gasteiger partial charge is 0.272 e. The van der Waals surface area contributed by atoms with Crippen LogP contribution >= 0.6 is 0 Å². The molecule has 0 fully saturated rings. The largest absolute Gasteiger partial charge is 0.385 e. The van der Waals surface area contributed by atoms with Crippen molar-refractivity contribution in [1.82, 2.24) is 9.88 Å². The van der Waals surface area contributed by atoms with Gasteiger partial charge in [-0.1, -0.05) is 0 Å². The van der Waals surface area contributed by atoms with E-state index in [1.165, 1.54) is 0 Å². The van der Waals surface area contributed by atoms with E-state index in [1.807, 2.05) is 26.8 Å². The molecular formula is C14H24N4O. The van der Waals surface area contributed by atoms with Crippen LogP contribution in [-0.2, 0) is 0 Å². The minimum absolute atomic E-state index is 0.0270. The number of carbonyl (C=O) groups is 1. The summed E-state index contributed by atoms with van der Waals surface area (Å²) in [5, 5.41) is 3.26. The third-order valence-electron chi connectivity index (χ3n) is 2.96. The molecule has 0 spiro atoms. The van der Waals surface area contributed by atoms with Gasteiger partial charge in [0.15, 0.2) is 0 Å². The summed E-state index contributed by atoms with van der Waals surface area (Å²) in [6.07, 6.45) is 2.55. The van der Waals surface area contributed by atoms with Crippen molar-refractivity contribution in [3.63, 3.8) is 0 Å². The van der Waals surface area contributed by atoms with Crippen molar-refractivity contribution in [1.29, 1.82) is 0 Å². The highest BCUT2D eigenvalue weighted by Crippen LogP contribution is 2.10. The molecule has 3 N–H and O–H groups in total. The maximum absolute atomic E-state index is 12.2. The molecule has 0 aliphatic heterocycles. The van der Waals surface area contributed by atoms with Crippen LogP contribution in [0.2, 0.25) is 0 Å². The summed E-state index contributed by atoms with van der Waals surface area (Å²) in [4.78, 5) is 18.1. The lowest BCUT2D eigenvalue weighted by molar-refractivity contribution is 0.0767. The zero-order chi connectivity index (χ0) is 14.3. The standard InChI is InChI=1S/C14H24N4O/c1-4-18(5-2)14(19)13-10-12(7-9-17-13)16-8-6-11(3)15/h7,9-11H,4-6,8,15H2,1-3H3,(H,16,17). The van der Waals surface area contributed by atoms with E-state index in [2.05, 4.69) is 10.3 Å². The summed E-state index contributed by atoms with van der Waals surface area (Å²) in [6, 6.07) is 3.83. The predicted molar refractivity (Wildman–Crippen MR) is 78.2 cm³/mol. The zero-order valence-electron chi connectivity index (χ0n) is 12.0. The number of amides is 1. The van der Waals surface area contributed by atoms with Gasteiger partial charge in [-0.15, -0.1) is 0 Å². The minimum Gasteiger partial charge on any atom is -0.385 e. The van der Waals surface area contributed by atoms with E-state index in [0.29, 0.717) is 18.8 Å². The van der Waals surface area contributed by atoms with Crippen LogP contribution in [0.25, 0.3) is 0 Å². The summed E-state index contributed by atoms with van der Waals surface area (Å²) < 4.78 is 0. The van der Waals surface area contributed by atoms with Gasteiger partial charge in [-0.2, -0.15) is 0 Å². The predicted octanol–water partition coefficient (Wildman–Crippen LogP) is 1.71. The number of pyridine rings is 1. The third-order valence-corrected chi connectivity index (χ3v) is 2.96. The molecule has 1 unspecified atom stereocenters. The molecule has 0 bridgehead atoms.